The molecule has 4 nitrogen and oxygen atoms in total. The van der Waals surface area contributed by atoms with E-state index in [0.717, 1.165) is 36.4 Å². The van der Waals surface area contributed by atoms with E-state index >= 15 is 0 Å². The van der Waals surface area contributed by atoms with Crippen molar-refractivity contribution in [3.8, 4) is 11.1 Å². The Bertz CT molecular complexity index is 1260. The van der Waals surface area contributed by atoms with Gasteiger partial charge >= 0.3 is 0 Å². The van der Waals surface area contributed by atoms with Gasteiger partial charge in [-0.3, -0.25) is 0 Å². The summed E-state index contributed by atoms with van der Waals surface area (Å²) < 4.78 is 4.68. The molecular formula is C28H38N4. The maximum Gasteiger partial charge on any atom is 0.165 e. The lowest BCUT2D eigenvalue weighted by molar-refractivity contribution is 0.416. The fourth-order valence-electron chi connectivity index (χ4n) is 5.41. The maximum absolute atomic E-state index is 5.13. The highest BCUT2D eigenvalue weighted by atomic mass is 15.3. The average molecular weight is 431 g/mol. The molecule has 4 aromatic rings. The largest absolute Gasteiger partial charge is 0.329 e. The van der Waals surface area contributed by atoms with Gasteiger partial charge in [-0.15, -0.1) is 0 Å². The van der Waals surface area contributed by atoms with Crippen molar-refractivity contribution in [1.29, 1.82) is 0 Å². The number of rotatable bonds is 7. The standard InChI is InChI=1S/C28H38N4/c1-9-12-23-15-24-20(7)29-27-26(25-18(5)13-17(4)14-19(25)6)21(8)30-32(27)28(24)31(23)16-22(10-2)11-3/h13-15,22H,9-12,16H2,1-8H3. The van der Waals surface area contributed by atoms with Crippen LogP contribution in [0.15, 0.2) is 18.2 Å². The molecule has 0 fully saturated rings. The molecule has 0 amide bonds. The average Bonchev–Trinajstić information content (AvgIpc) is 3.24. The van der Waals surface area contributed by atoms with Crippen LogP contribution in [0, 0.1) is 40.5 Å². The van der Waals surface area contributed by atoms with Crippen molar-refractivity contribution in [2.24, 2.45) is 5.92 Å². The molecule has 0 unspecified atom stereocenters. The molecule has 0 aliphatic rings. The van der Waals surface area contributed by atoms with Gasteiger partial charge in [0.1, 0.15) is 5.65 Å². The zero-order chi connectivity index (χ0) is 23.2. The Morgan fingerprint density at radius 3 is 2.09 bits per heavy atom. The summed E-state index contributed by atoms with van der Waals surface area (Å²) in [6.45, 7) is 18.8. The van der Waals surface area contributed by atoms with Crippen LogP contribution in [0.3, 0.4) is 0 Å². The molecule has 0 saturated carbocycles. The second kappa shape index (κ2) is 8.73. The van der Waals surface area contributed by atoms with E-state index in [1.165, 1.54) is 57.4 Å². The molecule has 0 saturated heterocycles. The normalized spacial score (nSPS) is 12.0. The van der Waals surface area contributed by atoms with Crippen molar-refractivity contribution in [2.75, 3.05) is 0 Å². The Hall–Kier alpha value is -2.62. The molecule has 1 aromatic carbocycles. The Balaban J connectivity index is 2.08. The van der Waals surface area contributed by atoms with E-state index in [9.17, 15) is 0 Å². The number of hydrogen-bond donors (Lipinski definition) is 0. The van der Waals surface area contributed by atoms with Gasteiger partial charge in [0.15, 0.2) is 5.65 Å². The number of nitrogens with zero attached hydrogens (tertiary/aromatic N) is 4. The SMILES string of the molecule is CCCc1cc2c(C)nc3c(-c4c(C)cc(C)cc4C)c(C)nn3c2n1CC(CC)CC. The zero-order valence-corrected chi connectivity index (χ0v) is 21.1. The number of benzene rings is 1. The molecule has 0 aliphatic carbocycles. The van der Waals surface area contributed by atoms with Crippen molar-refractivity contribution >= 4 is 16.7 Å². The Labute approximate surface area is 192 Å². The molecule has 0 N–H and O–H groups in total. The first-order valence-electron chi connectivity index (χ1n) is 12.3. The lowest BCUT2D eigenvalue weighted by Crippen LogP contribution is -2.13. The summed E-state index contributed by atoms with van der Waals surface area (Å²) in [5, 5.41) is 6.32. The Kier molecular flexibility index (Phi) is 6.15. The first-order valence-corrected chi connectivity index (χ1v) is 12.3. The quantitative estimate of drug-likeness (QED) is 0.309. The summed E-state index contributed by atoms with van der Waals surface area (Å²) in [5.74, 6) is 0.669. The zero-order valence-electron chi connectivity index (χ0n) is 21.1. The number of aromatic nitrogens is 4. The summed E-state index contributed by atoms with van der Waals surface area (Å²) in [5.41, 5.74) is 12.1. The van der Waals surface area contributed by atoms with E-state index < -0.39 is 0 Å². The smallest absolute Gasteiger partial charge is 0.165 e. The van der Waals surface area contributed by atoms with Gasteiger partial charge in [-0.2, -0.15) is 9.61 Å². The molecule has 0 bridgehead atoms. The summed E-state index contributed by atoms with van der Waals surface area (Å²) in [6.07, 6.45) is 4.61. The van der Waals surface area contributed by atoms with Crippen LogP contribution in [0.2, 0.25) is 0 Å². The van der Waals surface area contributed by atoms with Crippen LogP contribution in [0.5, 0.6) is 0 Å². The lowest BCUT2D eigenvalue weighted by Gasteiger charge is -2.18. The van der Waals surface area contributed by atoms with Crippen molar-refractivity contribution in [3.05, 3.63) is 52.0 Å². The van der Waals surface area contributed by atoms with E-state index in [4.69, 9.17) is 10.1 Å². The minimum Gasteiger partial charge on any atom is -0.329 e. The molecule has 3 heterocycles. The molecule has 0 aliphatic heterocycles. The molecular weight excluding hydrogens is 392 g/mol. The van der Waals surface area contributed by atoms with Crippen LogP contribution in [0.25, 0.3) is 27.8 Å². The molecule has 0 atom stereocenters. The predicted molar refractivity (Wildman–Crippen MR) is 136 cm³/mol. The van der Waals surface area contributed by atoms with Crippen LogP contribution in [-0.2, 0) is 13.0 Å². The number of aryl methyl sites for hydroxylation is 6. The third kappa shape index (κ3) is 3.64. The summed E-state index contributed by atoms with van der Waals surface area (Å²) in [7, 11) is 0. The minimum atomic E-state index is 0.669. The highest BCUT2D eigenvalue weighted by molar-refractivity contribution is 5.90. The fraction of sp³-hybridized carbons (Fsp3) is 0.500. The third-order valence-corrected chi connectivity index (χ3v) is 7.08. The number of hydrogen-bond acceptors (Lipinski definition) is 2. The maximum atomic E-state index is 5.13. The molecule has 0 radical (unpaired) electrons. The Morgan fingerprint density at radius 1 is 0.844 bits per heavy atom. The monoisotopic (exact) mass is 430 g/mol. The number of fused-ring (bicyclic) bond motifs is 3. The van der Waals surface area contributed by atoms with Crippen LogP contribution < -0.4 is 0 Å². The van der Waals surface area contributed by atoms with E-state index in [2.05, 4.69) is 82.7 Å². The lowest BCUT2D eigenvalue weighted by atomic mass is 9.94. The van der Waals surface area contributed by atoms with Crippen LogP contribution in [0.1, 0.15) is 73.8 Å². The van der Waals surface area contributed by atoms with Gasteiger partial charge in [-0.1, -0.05) is 57.7 Å². The first-order chi connectivity index (χ1) is 15.3. The second-order valence-corrected chi connectivity index (χ2v) is 9.58. The van der Waals surface area contributed by atoms with Crippen molar-refractivity contribution in [2.45, 2.75) is 87.6 Å². The molecule has 0 spiro atoms. The topological polar surface area (TPSA) is 35.1 Å². The summed E-state index contributed by atoms with van der Waals surface area (Å²) >= 11 is 0. The van der Waals surface area contributed by atoms with Gasteiger partial charge in [-0.25, -0.2) is 4.98 Å². The van der Waals surface area contributed by atoms with Gasteiger partial charge in [0.05, 0.1) is 17.0 Å². The van der Waals surface area contributed by atoms with Crippen LogP contribution >= 0.6 is 0 Å². The van der Waals surface area contributed by atoms with Gasteiger partial charge in [0, 0.05) is 17.6 Å². The minimum absolute atomic E-state index is 0.669. The van der Waals surface area contributed by atoms with E-state index in [-0.39, 0.29) is 0 Å². The van der Waals surface area contributed by atoms with E-state index in [1.54, 1.807) is 0 Å². The molecule has 4 heteroatoms. The molecule has 170 valence electrons. The van der Waals surface area contributed by atoms with Gasteiger partial charge in [0.25, 0.3) is 0 Å². The van der Waals surface area contributed by atoms with Crippen molar-refractivity contribution in [3.63, 3.8) is 0 Å². The van der Waals surface area contributed by atoms with E-state index in [1.807, 2.05) is 0 Å². The van der Waals surface area contributed by atoms with Crippen molar-refractivity contribution in [1.82, 2.24) is 19.2 Å². The van der Waals surface area contributed by atoms with Crippen molar-refractivity contribution < 1.29 is 0 Å². The summed E-state index contributed by atoms with van der Waals surface area (Å²) in [6, 6.07) is 6.90. The predicted octanol–water partition coefficient (Wildman–Crippen LogP) is 7.28. The first kappa shape index (κ1) is 22.6. The molecule has 32 heavy (non-hydrogen) atoms. The molecule has 3 aromatic heterocycles. The van der Waals surface area contributed by atoms with Gasteiger partial charge in [-0.05, 0) is 69.7 Å². The third-order valence-electron chi connectivity index (χ3n) is 7.08. The van der Waals surface area contributed by atoms with Gasteiger partial charge < -0.3 is 4.57 Å². The van der Waals surface area contributed by atoms with Gasteiger partial charge in [0.2, 0.25) is 0 Å². The fourth-order valence-corrected chi connectivity index (χ4v) is 5.41. The Morgan fingerprint density at radius 2 is 1.50 bits per heavy atom. The highest BCUT2D eigenvalue weighted by Gasteiger charge is 2.23. The van der Waals surface area contributed by atoms with Crippen LogP contribution in [-0.4, -0.2) is 19.2 Å². The van der Waals surface area contributed by atoms with E-state index in [0.29, 0.717) is 5.92 Å². The highest BCUT2D eigenvalue weighted by Crippen LogP contribution is 2.36. The van der Waals surface area contributed by atoms with Crippen LogP contribution in [0.4, 0.5) is 0 Å². The molecule has 4 rings (SSSR count). The second-order valence-electron chi connectivity index (χ2n) is 9.58. The summed E-state index contributed by atoms with van der Waals surface area (Å²) in [4.78, 5) is 5.13.